The lowest BCUT2D eigenvalue weighted by atomic mass is 10.1. The number of aromatic nitrogens is 2. The molecule has 2 aliphatic rings. The first kappa shape index (κ1) is 17.2. The molecule has 1 N–H and O–H groups in total. The van der Waals surface area contributed by atoms with E-state index in [1.165, 1.54) is 16.7 Å². The van der Waals surface area contributed by atoms with Gasteiger partial charge in [-0.3, -0.25) is 0 Å². The number of fused-ring (bicyclic) bond motifs is 1. The van der Waals surface area contributed by atoms with E-state index in [0.29, 0.717) is 19.2 Å². The van der Waals surface area contributed by atoms with Crippen LogP contribution in [0.5, 0.6) is 0 Å². The second-order valence-electron chi connectivity index (χ2n) is 7.37. The van der Waals surface area contributed by atoms with Crippen LogP contribution in [0.15, 0.2) is 66.9 Å². The van der Waals surface area contributed by atoms with Crippen molar-refractivity contribution in [3.8, 4) is 0 Å². The molecule has 1 fully saturated rings. The van der Waals surface area contributed by atoms with Gasteiger partial charge in [0.25, 0.3) is 0 Å². The van der Waals surface area contributed by atoms with Gasteiger partial charge in [-0.2, -0.15) is 4.98 Å². The second kappa shape index (κ2) is 7.60. The summed E-state index contributed by atoms with van der Waals surface area (Å²) in [5, 5.41) is 3.55. The number of morpholine rings is 1. The number of nitrogens with zero attached hydrogens (tertiary/aromatic N) is 3. The van der Waals surface area contributed by atoms with Crippen molar-refractivity contribution >= 4 is 11.8 Å². The molecule has 0 spiro atoms. The lowest BCUT2D eigenvalue weighted by molar-refractivity contribution is 0.0937. The van der Waals surface area contributed by atoms with E-state index in [4.69, 9.17) is 9.72 Å². The molecule has 28 heavy (non-hydrogen) atoms. The third-order valence-corrected chi connectivity index (χ3v) is 5.68. The van der Waals surface area contributed by atoms with Crippen LogP contribution in [0.2, 0.25) is 0 Å². The fourth-order valence-corrected chi connectivity index (χ4v) is 4.27. The Bertz CT molecular complexity index is 946. The lowest BCUT2D eigenvalue weighted by Gasteiger charge is -2.36. The van der Waals surface area contributed by atoms with Crippen molar-refractivity contribution in [3.05, 3.63) is 83.6 Å². The summed E-state index contributed by atoms with van der Waals surface area (Å²) in [6.07, 6.45) is 4.03. The maximum absolute atomic E-state index is 5.76. The Balaban J connectivity index is 1.39. The summed E-state index contributed by atoms with van der Waals surface area (Å²) in [5.41, 5.74) is 4.04. The van der Waals surface area contributed by atoms with Crippen molar-refractivity contribution in [1.29, 1.82) is 0 Å². The minimum absolute atomic E-state index is 0.171. The zero-order valence-corrected chi connectivity index (χ0v) is 15.8. The Kier molecular flexibility index (Phi) is 4.67. The normalized spacial score (nSPS) is 21.4. The Morgan fingerprint density at radius 2 is 1.86 bits per heavy atom. The van der Waals surface area contributed by atoms with Gasteiger partial charge in [-0.15, -0.1) is 0 Å². The Morgan fingerprint density at radius 3 is 2.79 bits per heavy atom. The fourth-order valence-electron chi connectivity index (χ4n) is 4.27. The van der Waals surface area contributed by atoms with Gasteiger partial charge in [-0.25, -0.2) is 4.98 Å². The first-order chi connectivity index (χ1) is 13.9. The molecule has 2 aromatic carbocycles. The lowest BCUT2D eigenvalue weighted by Crippen LogP contribution is -2.40. The molecule has 1 saturated heterocycles. The predicted molar refractivity (Wildman–Crippen MR) is 111 cm³/mol. The number of anilines is 2. The number of rotatable bonds is 4. The van der Waals surface area contributed by atoms with E-state index >= 15 is 0 Å². The van der Waals surface area contributed by atoms with E-state index in [1.54, 1.807) is 0 Å². The summed E-state index contributed by atoms with van der Waals surface area (Å²) in [7, 11) is 0. The van der Waals surface area contributed by atoms with Gasteiger partial charge in [0.05, 0.1) is 25.3 Å². The number of benzene rings is 2. The van der Waals surface area contributed by atoms with Crippen LogP contribution in [0.1, 0.15) is 35.2 Å². The molecular weight excluding hydrogens is 348 g/mol. The average molecular weight is 372 g/mol. The first-order valence-corrected chi connectivity index (χ1v) is 9.95. The molecule has 0 saturated carbocycles. The minimum atomic E-state index is 0.171. The van der Waals surface area contributed by atoms with Crippen LogP contribution in [0, 0.1) is 0 Å². The zero-order chi connectivity index (χ0) is 18.8. The van der Waals surface area contributed by atoms with Crippen LogP contribution in [0.4, 0.5) is 11.8 Å². The first-order valence-electron chi connectivity index (χ1n) is 9.95. The van der Waals surface area contributed by atoms with E-state index in [-0.39, 0.29) is 12.1 Å². The van der Waals surface area contributed by atoms with E-state index in [2.05, 4.69) is 63.7 Å². The smallest absolute Gasteiger partial charge is 0.225 e. The molecule has 5 heteroatoms. The molecule has 0 radical (unpaired) electrons. The summed E-state index contributed by atoms with van der Waals surface area (Å²) in [6.45, 7) is 2.21. The van der Waals surface area contributed by atoms with E-state index in [1.807, 2.05) is 18.3 Å². The van der Waals surface area contributed by atoms with Crippen molar-refractivity contribution in [3.63, 3.8) is 0 Å². The summed E-state index contributed by atoms with van der Waals surface area (Å²) >= 11 is 0. The quantitative estimate of drug-likeness (QED) is 0.745. The Morgan fingerprint density at radius 1 is 1.00 bits per heavy atom. The maximum Gasteiger partial charge on any atom is 0.225 e. The molecule has 0 bridgehead atoms. The van der Waals surface area contributed by atoms with Gasteiger partial charge in [0.2, 0.25) is 5.95 Å². The van der Waals surface area contributed by atoms with Gasteiger partial charge in [-0.05, 0) is 35.6 Å². The zero-order valence-electron chi connectivity index (χ0n) is 15.8. The van der Waals surface area contributed by atoms with Crippen LogP contribution in [0.25, 0.3) is 0 Å². The van der Waals surface area contributed by atoms with Crippen molar-refractivity contribution in [2.24, 2.45) is 0 Å². The van der Waals surface area contributed by atoms with Gasteiger partial charge in [-0.1, -0.05) is 54.6 Å². The highest BCUT2D eigenvalue weighted by molar-refractivity contribution is 5.48. The molecule has 5 nitrogen and oxygen atoms in total. The third-order valence-electron chi connectivity index (χ3n) is 5.68. The van der Waals surface area contributed by atoms with Crippen molar-refractivity contribution in [2.45, 2.75) is 24.9 Å². The Labute approximate surface area is 165 Å². The Hall–Kier alpha value is -2.92. The highest BCUT2D eigenvalue weighted by atomic mass is 16.5. The molecule has 1 aromatic heterocycles. The molecule has 1 aliphatic carbocycles. The topological polar surface area (TPSA) is 50.3 Å². The van der Waals surface area contributed by atoms with Crippen LogP contribution >= 0.6 is 0 Å². The number of hydrogen-bond acceptors (Lipinski definition) is 5. The molecule has 2 atom stereocenters. The molecule has 1 aliphatic heterocycles. The van der Waals surface area contributed by atoms with Crippen LogP contribution in [0.3, 0.4) is 0 Å². The van der Waals surface area contributed by atoms with E-state index in [0.717, 1.165) is 25.2 Å². The molecule has 142 valence electrons. The average Bonchev–Trinajstić information content (AvgIpc) is 3.17. The van der Waals surface area contributed by atoms with Crippen LogP contribution < -0.4 is 10.2 Å². The monoisotopic (exact) mass is 372 g/mol. The number of aryl methyl sites for hydroxylation is 1. The van der Waals surface area contributed by atoms with Crippen LogP contribution in [-0.4, -0.2) is 29.7 Å². The highest BCUT2D eigenvalue weighted by Crippen LogP contribution is 2.34. The van der Waals surface area contributed by atoms with Crippen molar-refractivity contribution in [1.82, 2.24) is 9.97 Å². The van der Waals surface area contributed by atoms with Gasteiger partial charge in [0.15, 0.2) is 0 Å². The van der Waals surface area contributed by atoms with Gasteiger partial charge >= 0.3 is 0 Å². The van der Waals surface area contributed by atoms with Gasteiger partial charge < -0.3 is 15.0 Å². The van der Waals surface area contributed by atoms with Gasteiger partial charge in [0, 0.05) is 12.7 Å². The van der Waals surface area contributed by atoms with E-state index < -0.39 is 0 Å². The number of nitrogens with one attached hydrogen (secondary N) is 1. The minimum Gasteiger partial charge on any atom is -0.377 e. The molecule has 5 rings (SSSR count). The summed E-state index contributed by atoms with van der Waals surface area (Å²) in [6, 6.07) is 21.6. The SMILES string of the molecule is c1ccc(C2COCCN2c2ccnc(NC3CCc4ccccc43)n2)cc1. The largest absolute Gasteiger partial charge is 0.377 e. The molecule has 3 aromatic rings. The summed E-state index contributed by atoms with van der Waals surface area (Å²) in [4.78, 5) is 11.7. The molecule has 2 unspecified atom stereocenters. The summed E-state index contributed by atoms with van der Waals surface area (Å²) < 4.78 is 5.76. The van der Waals surface area contributed by atoms with Crippen molar-refractivity contribution in [2.75, 3.05) is 30.0 Å². The van der Waals surface area contributed by atoms with Crippen LogP contribution in [-0.2, 0) is 11.2 Å². The number of ether oxygens (including phenoxy) is 1. The molecular formula is C23H24N4O. The predicted octanol–water partition coefficient (Wildman–Crippen LogP) is 4.15. The maximum atomic E-state index is 5.76. The summed E-state index contributed by atoms with van der Waals surface area (Å²) in [5.74, 6) is 1.64. The van der Waals surface area contributed by atoms with Crippen molar-refractivity contribution < 1.29 is 4.74 Å². The standard InChI is InChI=1S/C23H24N4O/c1-2-7-18(8-3-1)21-16-28-15-14-27(21)22-12-13-24-23(26-22)25-20-11-10-17-6-4-5-9-19(17)20/h1-9,12-13,20-21H,10-11,14-16H2,(H,24,25,26). The number of hydrogen-bond donors (Lipinski definition) is 1. The van der Waals surface area contributed by atoms with Gasteiger partial charge in [0.1, 0.15) is 5.82 Å². The fraction of sp³-hybridized carbons (Fsp3) is 0.304. The molecule has 2 heterocycles. The van der Waals surface area contributed by atoms with E-state index in [9.17, 15) is 0 Å². The second-order valence-corrected chi connectivity index (χ2v) is 7.37. The third kappa shape index (κ3) is 3.34. The highest BCUT2D eigenvalue weighted by Gasteiger charge is 2.27. The molecule has 0 amide bonds.